The molecule has 2 rings (SSSR count). The molecule has 1 fully saturated rings. The van der Waals surface area contributed by atoms with Crippen LogP contribution in [0.1, 0.15) is 45.1 Å². The van der Waals surface area contributed by atoms with Crippen molar-refractivity contribution in [2.24, 2.45) is 11.7 Å². The average Bonchev–Trinajstić information content (AvgIpc) is 2.47. The highest BCUT2D eigenvalue weighted by Crippen LogP contribution is 2.18. The SMILES string of the molecule is CC(N)CCC(=O)Nc1ccc(CN2CCCC(C)C2)cc1.Cl.Cl. The number of rotatable bonds is 6. The van der Waals surface area contributed by atoms with E-state index in [1.807, 2.05) is 19.1 Å². The third kappa shape index (κ3) is 8.34. The van der Waals surface area contributed by atoms with E-state index in [0.29, 0.717) is 6.42 Å². The van der Waals surface area contributed by atoms with Gasteiger partial charge in [-0.2, -0.15) is 0 Å². The zero-order chi connectivity index (χ0) is 15.9. The standard InChI is InChI=1S/C18H29N3O.2ClH/c1-14-4-3-11-21(12-14)13-16-6-8-17(9-7-16)20-18(22)10-5-15(2)19;;/h6-9,14-15H,3-5,10-13,19H2,1-2H3,(H,20,22);2*1H. The van der Waals surface area contributed by atoms with Gasteiger partial charge < -0.3 is 11.1 Å². The molecule has 24 heavy (non-hydrogen) atoms. The first kappa shape index (κ1) is 23.2. The fourth-order valence-electron chi connectivity index (χ4n) is 2.96. The van der Waals surface area contributed by atoms with Crippen LogP contribution in [0.4, 0.5) is 5.69 Å². The highest BCUT2D eigenvalue weighted by Gasteiger charge is 2.16. The quantitative estimate of drug-likeness (QED) is 0.793. The first-order valence-electron chi connectivity index (χ1n) is 8.39. The number of amides is 1. The lowest BCUT2D eigenvalue weighted by molar-refractivity contribution is -0.116. The number of carbonyl (C=O) groups is 1. The van der Waals surface area contributed by atoms with E-state index in [1.165, 1.54) is 31.5 Å². The molecule has 0 aliphatic carbocycles. The summed E-state index contributed by atoms with van der Waals surface area (Å²) in [7, 11) is 0. The number of benzene rings is 1. The molecule has 3 N–H and O–H groups in total. The molecule has 6 heteroatoms. The van der Waals surface area contributed by atoms with Crippen LogP contribution in [0, 0.1) is 5.92 Å². The Hall–Kier alpha value is -0.810. The molecule has 0 spiro atoms. The largest absolute Gasteiger partial charge is 0.328 e. The zero-order valence-electron chi connectivity index (χ0n) is 14.7. The van der Waals surface area contributed by atoms with Gasteiger partial charge >= 0.3 is 0 Å². The summed E-state index contributed by atoms with van der Waals surface area (Å²) in [6, 6.07) is 8.28. The molecule has 0 saturated carbocycles. The van der Waals surface area contributed by atoms with Crippen LogP contribution >= 0.6 is 24.8 Å². The maximum Gasteiger partial charge on any atom is 0.224 e. The second kappa shape index (κ2) is 11.7. The molecule has 0 radical (unpaired) electrons. The van der Waals surface area contributed by atoms with Gasteiger partial charge in [-0.25, -0.2) is 0 Å². The van der Waals surface area contributed by atoms with E-state index < -0.39 is 0 Å². The van der Waals surface area contributed by atoms with E-state index in [-0.39, 0.29) is 36.8 Å². The summed E-state index contributed by atoms with van der Waals surface area (Å²) in [5, 5.41) is 2.93. The number of carbonyl (C=O) groups excluding carboxylic acids is 1. The highest BCUT2D eigenvalue weighted by molar-refractivity contribution is 5.90. The van der Waals surface area contributed by atoms with Crippen molar-refractivity contribution in [1.29, 1.82) is 0 Å². The number of nitrogens with one attached hydrogen (secondary N) is 1. The maximum absolute atomic E-state index is 11.8. The van der Waals surface area contributed by atoms with E-state index in [4.69, 9.17) is 5.73 Å². The van der Waals surface area contributed by atoms with Crippen molar-refractivity contribution in [3.8, 4) is 0 Å². The minimum absolute atomic E-state index is 0. The molecule has 1 aliphatic heterocycles. The van der Waals surface area contributed by atoms with Gasteiger partial charge in [0.15, 0.2) is 0 Å². The van der Waals surface area contributed by atoms with Crippen LogP contribution in [-0.2, 0) is 11.3 Å². The fraction of sp³-hybridized carbons (Fsp3) is 0.611. The Bertz CT molecular complexity index is 480. The molecule has 2 atom stereocenters. The lowest BCUT2D eigenvalue weighted by Gasteiger charge is -2.30. The molecule has 1 aliphatic rings. The zero-order valence-corrected chi connectivity index (χ0v) is 16.3. The van der Waals surface area contributed by atoms with Crippen LogP contribution in [0.3, 0.4) is 0 Å². The van der Waals surface area contributed by atoms with Gasteiger partial charge in [0.25, 0.3) is 0 Å². The predicted molar refractivity (Wildman–Crippen MR) is 106 cm³/mol. The Balaban J connectivity index is 0.00000264. The summed E-state index contributed by atoms with van der Waals surface area (Å²) in [5.41, 5.74) is 7.84. The van der Waals surface area contributed by atoms with Crippen LogP contribution in [-0.4, -0.2) is 29.9 Å². The molecule has 1 saturated heterocycles. The molecule has 4 nitrogen and oxygen atoms in total. The van der Waals surface area contributed by atoms with Crippen molar-refractivity contribution in [1.82, 2.24) is 4.90 Å². The lowest BCUT2D eigenvalue weighted by atomic mass is 10.00. The Labute approximate surface area is 158 Å². The average molecular weight is 376 g/mol. The molecule has 2 unspecified atom stereocenters. The van der Waals surface area contributed by atoms with Crippen LogP contribution in [0.15, 0.2) is 24.3 Å². The van der Waals surface area contributed by atoms with Crippen molar-refractivity contribution in [3.05, 3.63) is 29.8 Å². The van der Waals surface area contributed by atoms with Gasteiger partial charge in [-0.3, -0.25) is 9.69 Å². The van der Waals surface area contributed by atoms with Crippen LogP contribution in [0.5, 0.6) is 0 Å². The molecule has 0 bridgehead atoms. The summed E-state index contributed by atoms with van der Waals surface area (Å²) in [4.78, 5) is 14.3. The third-order valence-electron chi connectivity index (χ3n) is 4.21. The van der Waals surface area contributed by atoms with Gasteiger partial charge in [0.2, 0.25) is 5.91 Å². The molecule has 1 amide bonds. The fourth-order valence-corrected chi connectivity index (χ4v) is 2.96. The Morgan fingerprint density at radius 1 is 1.33 bits per heavy atom. The number of piperidine rings is 1. The summed E-state index contributed by atoms with van der Waals surface area (Å²) >= 11 is 0. The van der Waals surface area contributed by atoms with Crippen molar-refractivity contribution < 1.29 is 4.79 Å². The Kier molecular flexibility index (Phi) is 11.3. The van der Waals surface area contributed by atoms with Crippen LogP contribution < -0.4 is 11.1 Å². The van der Waals surface area contributed by atoms with Gasteiger partial charge in [0.05, 0.1) is 0 Å². The van der Waals surface area contributed by atoms with E-state index in [1.54, 1.807) is 0 Å². The molecular weight excluding hydrogens is 345 g/mol. The summed E-state index contributed by atoms with van der Waals surface area (Å²) < 4.78 is 0. The number of nitrogens with zero attached hydrogens (tertiary/aromatic N) is 1. The number of halogens is 2. The summed E-state index contributed by atoms with van der Waals surface area (Å²) in [5.74, 6) is 0.840. The van der Waals surface area contributed by atoms with Crippen molar-refractivity contribution in [2.75, 3.05) is 18.4 Å². The van der Waals surface area contributed by atoms with Crippen LogP contribution in [0.2, 0.25) is 0 Å². The summed E-state index contributed by atoms with van der Waals surface area (Å²) in [6.45, 7) is 7.63. The molecule has 0 aromatic heterocycles. The van der Waals surface area contributed by atoms with E-state index in [2.05, 4.69) is 29.3 Å². The van der Waals surface area contributed by atoms with Gasteiger partial charge in [0.1, 0.15) is 0 Å². The molecule has 138 valence electrons. The molecule has 1 aromatic carbocycles. The second-order valence-corrected chi connectivity index (χ2v) is 6.74. The normalized spacial score (nSPS) is 18.9. The second-order valence-electron chi connectivity index (χ2n) is 6.74. The number of likely N-dealkylation sites (tertiary alicyclic amines) is 1. The van der Waals surface area contributed by atoms with Gasteiger partial charge in [-0.05, 0) is 56.3 Å². The molecular formula is C18H31Cl2N3O. The Morgan fingerprint density at radius 2 is 2.00 bits per heavy atom. The van der Waals surface area contributed by atoms with Crippen molar-refractivity contribution in [3.63, 3.8) is 0 Å². The van der Waals surface area contributed by atoms with Gasteiger partial charge in [0, 0.05) is 31.2 Å². The summed E-state index contributed by atoms with van der Waals surface area (Å²) in [6.07, 6.45) is 3.85. The monoisotopic (exact) mass is 375 g/mol. The highest BCUT2D eigenvalue weighted by atomic mass is 35.5. The first-order chi connectivity index (χ1) is 10.5. The Morgan fingerprint density at radius 3 is 2.58 bits per heavy atom. The third-order valence-corrected chi connectivity index (χ3v) is 4.21. The van der Waals surface area contributed by atoms with E-state index >= 15 is 0 Å². The van der Waals surface area contributed by atoms with E-state index in [0.717, 1.165) is 24.6 Å². The van der Waals surface area contributed by atoms with Crippen LogP contribution in [0.25, 0.3) is 0 Å². The number of nitrogens with two attached hydrogens (primary N) is 1. The number of hydrogen-bond acceptors (Lipinski definition) is 3. The minimum Gasteiger partial charge on any atom is -0.328 e. The maximum atomic E-state index is 11.8. The van der Waals surface area contributed by atoms with Crippen molar-refractivity contribution in [2.45, 2.75) is 52.1 Å². The predicted octanol–water partition coefficient (Wildman–Crippen LogP) is 3.83. The van der Waals surface area contributed by atoms with Gasteiger partial charge in [-0.15, -0.1) is 24.8 Å². The van der Waals surface area contributed by atoms with Crippen molar-refractivity contribution >= 4 is 36.4 Å². The number of anilines is 1. The number of hydrogen-bond donors (Lipinski definition) is 2. The topological polar surface area (TPSA) is 58.4 Å². The van der Waals surface area contributed by atoms with E-state index in [9.17, 15) is 4.79 Å². The molecule has 1 heterocycles. The minimum atomic E-state index is 0. The smallest absolute Gasteiger partial charge is 0.224 e. The first-order valence-corrected chi connectivity index (χ1v) is 8.39. The molecule has 1 aromatic rings. The van der Waals surface area contributed by atoms with Gasteiger partial charge in [-0.1, -0.05) is 19.1 Å². The lowest BCUT2D eigenvalue weighted by Crippen LogP contribution is -2.33.